The standard InChI is InChI=1S/C7H13NO3/c1-7(6(10)11)4-8-2-5(7)3-9/h5,8-9H,2-4H2,1H3,(H,10,11)/t5-,7+/m0/s1. The molecule has 0 aromatic carbocycles. The summed E-state index contributed by atoms with van der Waals surface area (Å²) in [7, 11) is 0. The van der Waals surface area contributed by atoms with E-state index in [1.54, 1.807) is 6.92 Å². The van der Waals surface area contributed by atoms with Crippen molar-refractivity contribution in [2.75, 3.05) is 19.7 Å². The first-order valence-electron chi connectivity index (χ1n) is 3.66. The molecule has 0 aromatic heterocycles. The molecule has 1 aliphatic rings. The van der Waals surface area contributed by atoms with E-state index in [4.69, 9.17) is 10.2 Å². The summed E-state index contributed by atoms with van der Waals surface area (Å²) in [6.07, 6.45) is 0. The number of carbonyl (C=O) groups is 1. The van der Waals surface area contributed by atoms with Gasteiger partial charge in [0.05, 0.1) is 5.41 Å². The number of hydrogen-bond donors (Lipinski definition) is 3. The highest BCUT2D eigenvalue weighted by Crippen LogP contribution is 2.30. The molecule has 1 saturated heterocycles. The molecular formula is C7H13NO3. The molecule has 4 heteroatoms. The predicted octanol–water partition coefficient (Wildman–Crippen LogP) is -0.711. The maximum absolute atomic E-state index is 10.7. The topological polar surface area (TPSA) is 69.6 Å². The van der Waals surface area contributed by atoms with Gasteiger partial charge in [0.25, 0.3) is 0 Å². The van der Waals surface area contributed by atoms with Gasteiger partial charge in [0.1, 0.15) is 0 Å². The summed E-state index contributed by atoms with van der Waals surface area (Å²) in [6, 6.07) is 0. The number of aliphatic hydroxyl groups excluding tert-OH is 1. The Morgan fingerprint density at radius 2 is 2.45 bits per heavy atom. The number of rotatable bonds is 2. The average Bonchev–Trinajstić information content (AvgIpc) is 2.32. The largest absolute Gasteiger partial charge is 0.481 e. The average molecular weight is 159 g/mol. The first kappa shape index (κ1) is 8.49. The van der Waals surface area contributed by atoms with Crippen molar-refractivity contribution in [2.45, 2.75) is 6.92 Å². The molecule has 1 fully saturated rings. The van der Waals surface area contributed by atoms with E-state index in [2.05, 4.69) is 5.32 Å². The van der Waals surface area contributed by atoms with Gasteiger partial charge in [-0.25, -0.2) is 0 Å². The third-order valence-electron chi connectivity index (χ3n) is 2.49. The minimum atomic E-state index is -0.832. The van der Waals surface area contributed by atoms with Crippen molar-refractivity contribution in [1.82, 2.24) is 5.32 Å². The van der Waals surface area contributed by atoms with Crippen LogP contribution in [0.1, 0.15) is 6.92 Å². The number of carboxylic acids is 1. The smallest absolute Gasteiger partial charge is 0.311 e. The van der Waals surface area contributed by atoms with Crippen LogP contribution in [0.25, 0.3) is 0 Å². The van der Waals surface area contributed by atoms with Gasteiger partial charge < -0.3 is 15.5 Å². The van der Waals surface area contributed by atoms with Crippen LogP contribution >= 0.6 is 0 Å². The Balaban J connectivity index is 2.75. The van der Waals surface area contributed by atoms with Crippen molar-refractivity contribution >= 4 is 5.97 Å². The molecule has 0 aromatic rings. The van der Waals surface area contributed by atoms with E-state index < -0.39 is 11.4 Å². The summed E-state index contributed by atoms with van der Waals surface area (Å²) in [6.45, 7) is 2.65. The van der Waals surface area contributed by atoms with Gasteiger partial charge in [-0.3, -0.25) is 4.79 Å². The predicted molar refractivity (Wildman–Crippen MR) is 39.2 cm³/mol. The number of nitrogens with one attached hydrogen (secondary N) is 1. The molecule has 0 radical (unpaired) electrons. The Morgan fingerprint density at radius 3 is 2.82 bits per heavy atom. The summed E-state index contributed by atoms with van der Waals surface area (Å²) in [5.74, 6) is -0.985. The SMILES string of the molecule is C[C@@]1(C(=O)O)CNC[C@H]1CO. The molecule has 1 heterocycles. The van der Waals surface area contributed by atoms with Crippen LogP contribution in [0.3, 0.4) is 0 Å². The lowest BCUT2D eigenvalue weighted by atomic mass is 9.80. The fraction of sp³-hybridized carbons (Fsp3) is 0.857. The maximum atomic E-state index is 10.7. The van der Waals surface area contributed by atoms with Crippen LogP contribution in [0, 0.1) is 11.3 Å². The van der Waals surface area contributed by atoms with E-state index in [1.165, 1.54) is 0 Å². The highest BCUT2D eigenvalue weighted by atomic mass is 16.4. The van der Waals surface area contributed by atoms with Crippen molar-refractivity contribution in [3.8, 4) is 0 Å². The molecule has 0 aliphatic carbocycles. The zero-order valence-electron chi connectivity index (χ0n) is 6.50. The van der Waals surface area contributed by atoms with Crippen LogP contribution in [0.2, 0.25) is 0 Å². The normalized spacial score (nSPS) is 37.5. The number of aliphatic carboxylic acids is 1. The molecule has 2 atom stereocenters. The van der Waals surface area contributed by atoms with Crippen molar-refractivity contribution in [2.24, 2.45) is 11.3 Å². The van der Waals surface area contributed by atoms with Crippen LogP contribution in [0.15, 0.2) is 0 Å². The Labute approximate surface area is 65.2 Å². The fourth-order valence-corrected chi connectivity index (χ4v) is 1.39. The van der Waals surface area contributed by atoms with Crippen LogP contribution in [-0.4, -0.2) is 35.9 Å². The van der Waals surface area contributed by atoms with E-state index in [1.807, 2.05) is 0 Å². The Hall–Kier alpha value is -0.610. The van der Waals surface area contributed by atoms with Gasteiger partial charge in [-0.15, -0.1) is 0 Å². The van der Waals surface area contributed by atoms with Crippen molar-refractivity contribution in [3.05, 3.63) is 0 Å². The lowest BCUT2D eigenvalue weighted by Gasteiger charge is -2.23. The van der Waals surface area contributed by atoms with Gasteiger partial charge in [0, 0.05) is 25.6 Å². The molecule has 1 rings (SSSR count). The highest BCUT2D eigenvalue weighted by molar-refractivity contribution is 5.75. The first-order chi connectivity index (χ1) is 5.11. The molecule has 0 unspecified atom stereocenters. The number of hydrogen-bond acceptors (Lipinski definition) is 3. The summed E-state index contributed by atoms with van der Waals surface area (Å²) < 4.78 is 0. The van der Waals surface area contributed by atoms with Crippen molar-refractivity contribution < 1.29 is 15.0 Å². The van der Waals surface area contributed by atoms with Crippen molar-refractivity contribution in [3.63, 3.8) is 0 Å². The molecule has 0 saturated carbocycles. The zero-order chi connectivity index (χ0) is 8.48. The minimum absolute atomic E-state index is 0.0597. The molecule has 1 aliphatic heterocycles. The van der Waals surface area contributed by atoms with E-state index in [9.17, 15) is 4.79 Å². The Bertz CT molecular complexity index is 171. The maximum Gasteiger partial charge on any atom is 0.311 e. The second-order valence-electron chi connectivity index (χ2n) is 3.23. The molecule has 11 heavy (non-hydrogen) atoms. The molecule has 64 valence electrons. The molecule has 4 nitrogen and oxygen atoms in total. The first-order valence-corrected chi connectivity index (χ1v) is 3.66. The Kier molecular flexibility index (Phi) is 2.15. The Morgan fingerprint density at radius 1 is 1.82 bits per heavy atom. The summed E-state index contributed by atoms with van der Waals surface area (Å²) in [5.41, 5.74) is -0.783. The molecule has 0 bridgehead atoms. The third kappa shape index (κ3) is 1.23. The van der Waals surface area contributed by atoms with Gasteiger partial charge in [-0.05, 0) is 6.92 Å². The quantitative estimate of drug-likeness (QED) is 0.498. The van der Waals surface area contributed by atoms with Gasteiger partial charge in [-0.2, -0.15) is 0 Å². The third-order valence-corrected chi connectivity index (χ3v) is 2.49. The minimum Gasteiger partial charge on any atom is -0.481 e. The van der Waals surface area contributed by atoms with Crippen LogP contribution in [-0.2, 0) is 4.79 Å². The summed E-state index contributed by atoms with van der Waals surface area (Å²) >= 11 is 0. The zero-order valence-corrected chi connectivity index (χ0v) is 6.50. The van der Waals surface area contributed by atoms with Gasteiger partial charge in [0.2, 0.25) is 0 Å². The van der Waals surface area contributed by atoms with Gasteiger partial charge in [-0.1, -0.05) is 0 Å². The number of aliphatic hydroxyl groups is 1. The van der Waals surface area contributed by atoms with E-state index in [-0.39, 0.29) is 12.5 Å². The van der Waals surface area contributed by atoms with E-state index in [0.717, 1.165) is 0 Å². The van der Waals surface area contributed by atoms with E-state index in [0.29, 0.717) is 13.1 Å². The second kappa shape index (κ2) is 2.79. The molecule has 0 spiro atoms. The second-order valence-corrected chi connectivity index (χ2v) is 3.23. The van der Waals surface area contributed by atoms with Crippen LogP contribution < -0.4 is 5.32 Å². The molecular weight excluding hydrogens is 146 g/mol. The molecule has 3 N–H and O–H groups in total. The summed E-state index contributed by atoms with van der Waals surface area (Å²) in [4.78, 5) is 10.7. The van der Waals surface area contributed by atoms with Crippen LogP contribution in [0.4, 0.5) is 0 Å². The summed E-state index contributed by atoms with van der Waals surface area (Å²) in [5, 5.41) is 20.6. The van der Waals surface area contributed by atoms with Crippen LogP contribution in [0.5, 0.6) is 0 Å². The highest BCUT2D eigenvalue weighted by Gasteiger charge is 2.44. The lowest BCUT2D eigenvalue weighted by Crippen LogP contribution is -2.37. The van der Waals surface area contributed by atoms with Gasteiger partial charge in [0.15, 0.2) is 0 Å². The number of carboxylic acid groups (broad SMARTS) is 1. The van der Waals surface area contributed by atoms with Gasteiger partial charge >= 0.3 is 5.97 Å². The monoisotopic (exact) mass is 159 g/mol. The lowest BCUT2D eigenvalue weighted by molar-refractivity contribution is -0.149. The fourth-order valence-electron chi connectivity index (χ4n) is 1.39. The van der Waals surface area contributed by atoms with Crippen molar-refractivity contribution in [1.29, 1.82) is 0 Å². The van der Waals surface area contributed by atoms with E-state index >= 15 is 0 Å². The molecule has 0 amide bonds.